The van der Waals surface area contributed by atoms with Crippen LogP contribution in [0, 0.1) is 11.3 Å². The third kappa shape index (κ3) is 4.13. The number of carbonyl (C=O) groups is 2. The van der Waals surface area contributed by atoms with E-state index in [-0.39, 0.29) is 17.8 Å². The fourth-order valence-electron chi connectivity index (χ4n) is 4.58. The normalized spacial score (nSPS) is 22.9. The van der Waals surface area contributed by atoms with Gasteiger partial charge in [0.2, 0.25) is 0 Å². The highest BCUT2D eigenvalue weighted by molar-refractivity contribution is 6.12. The standard InChI is InChI=1S/C24H31NO5/c1-7-29-18-10-9-15(11-19(18)28-6)21-20(23(27)30-8-2)14(3)25-16-12-24(4,5)13-17(26)22(16)21/h9-11,21-22H,7-8,12-13H2,1-6H3/t21-,22?/m1/s1. The summed E-state index contributed by atoms with van der Waals surface area (Å²) < 4.78 is 16.5. The maximum Gasteiger partial charge on any atom is 0.336 e. The average Bonchev–Trinajstić information content (AvgIpc) is 2.66. The second-order valence-electron chi connectivity index (χ2n) is 8.61. The summed E-state index contributed by atoms with van der Waals surface area (Å²) in [4.78, 5) is 30.9. The number of allylic oxidation sites excluding steroid dienone is 1. The minimum atomic E-state index is -0.469. The molecule has 0 spiro atoms. The second-order valence-corrected chi connectivity index (χ2v) is 8.61. The summed E-state index contributed by atoms with van der Waals surface area (Å²) in [6.07, 6.45) is 1.18. The molecule has 1 fully saturated rings. The lowest BCUT2D eigenvalue weighted by Gasteiger charge is -2.41. The van der Waals surface area contributed by atoms with Crippen LogP contribution in [0.2, 0.25) is 0 Å². The molecule has 30 heavy (non-hydrogen) atoms. The first-order valence-electron chi connectivity index (χ1n) is 10.5. The molecular formula is C24H31NO5. The van der Waals surface area contributed by atoms with Gasteiger partial charge in [-0.1, -0.05) is 19.9 Å². The van der Waals surface area contributed by atoms with Gasteiger partial charge in [0.1, 0.15) is 5.78 Å². The van der Waals surface area contributed by atoms with Crippen LogP contribution in [0.4, 0.5) is 0 Å². The van der Waals surface area contributed by atoms with Crippen molar-refractivity contribution >= 4 is 17.5 Å². The van der Waals surface area contributed by atoms with Crippen LogP contribution in [-0.2, 0) is 14.3 Å². The number of nitrogens with zero attached hydrogens (tertiary/aromatic N) is 1. The first kappa shape index (κ1) is 22.1. The maximum absolute atomic E-state index is 13.3. The molecule has 3 rings (SSSR count). The summed E-state index contributed by atoms with van der Waals surface area (Å²) in [5.74, 6) is -0.0373. The summed E-state index contributed by atoms with van der Waals surface area (Å²) >= 11 is 0. The number of rotatable bonds is 6. The topological polar surface area (TPSA) is 74.2 Å². The van der Waals surface area contributed by atoms with Gasteiger partial charge < -0.3 is 14.2 Å². The number of methoxy groups -OCH3 is 1. The number of Topliss-reactive ketones (excluding diaryl/α,β-unsaturated/α-hetero) is 1. The highest BCUT2D eigenvalue weighted by atomic mass is 16.5. The Balaban J connectivity index is 2.16. The monoisotopic (exact) mass is 413 g/mol. The summed E-state index contributed by atoms with van der Waals surface area (Å²) in [7, 11) is 1.58. The lowest BCUT2D eigenvalue weighted by atomic mass is 9.63. The molecule has 0 saturated heterocycles. The molecule has 6 heteroatoms. The van der Waals surface area contributed by atoms with Gasteiger partial charge in [-0.25, -0.2) is 4.79 Å². The number of carbonyl (C=O) groups excluding carboxylic acids is 2. The van der Waals surface area contributed by atoms with E-state index in [1.165, 1.54) is 0 Å². The van der Waals surface area contributed by atoms with Crippen molar-refractivity contribution < 1.29 is 23.8 Å². The van der Waals surface area contributed by atoms with Crippen molar-refractivity contribution in [1.82, 2.24) is 0 Å². The Kier molecular flexibility index (Phi) is 6.34. The smallest absolute Gasteiger partial charge is 0.336 e. The van der Waals surface area contributed by atoms with Crippen molar-refractivity contribution in [2.75, 3.05) is 20.3 Å². The number of ether oxygens (including phenoxy) is 3. The molecule has 0 bridgehead atoms. The molecule has 1 aromatic rings. The van der Waals surface area contributed by atoms with Gasteiger partial charge in [0.05, 0.1) is 31.8 Å². The van der Waals surface area contributed by atoms with Crippen molar-refractivity contribution in [2.24, 2.45) is 16.3 Å². The second kappa shape index (κ2) is 8.62. The van der Waals surface area contributed by atoms with Crippen molar-refractivity contribution in [1.29, 1.82) is 0 Å². The summed E-state index contributed by atoms with van der Waals surface area (Å²) in [6.45, 7) is 10.4. The van der Waals surface area contributed by atoms with Crippen molar-refractivity contribution in [2.45, 2.75) is 53.4 Å². The van der Waals surface area contributed by atoms with Crippen LogP contribution < -0.4 is 9.47 Å². The summed E-state index contributed by atoms with van der Waals surface area (Å²) in [5, 5.41) is 0. The predicted molar refractivity (Wildman–Crippen MR) is 115 cm³/mol. The van der Waals surface area contributed by atoms with Crippen LogP contribution in [0.1, 0.15) is 58.9 Å². The Morgan fingerprint density at radius 1 is 1.13 bits per heavy atom. The van der Waals surface area contributed by atoms with Crippen LogP contribution in [0.3, 0.4) is 0 Å². The van der Waals surface area contributed by atoms with Crippen molar-refractivity contribution in [3.8, 4) is 11.5 Å². The molecule has 1 saturated carbocycles. The van der Waals surface area contributed by atoms with Crippen LogP contribution in [0.5, 0.6) is 11.5 Å². The van der Waals surface area contributed by atoms with E-state index in [1.807, 2.05) is 32.0 Å². The summed E-state index contributed by atoms with van der Waals surface area (Å²) in [5.41, 5.74) is 2.59. The molecule has 1 unspecified atom stereocenters. The Hall–Kier alpha value is -2.63. The Bertz CT molecular complexity index is 912. The SMILES string of the molecule is CCOC(=O)C1=C(C)N=C2CC(C)(C)CC(=O)C2[C@@H]1c1ccc(OCC)c(OC)c1. The molecule has 2 atom stereocenters. The molecule has 0 radical (unpaired) electrons. The molecule has 1 aliphatic heterocycles. The largest absolute Gasteiger partial charge is 0.493 e. The van der Waals surface area contributed by atoms with E-state index >= 15 is 0 Å². The van der Waals surface area contributed by atoms with Crippen molar-refractivity contribution in [3.63, 3.8) is 0 Å². The zero-order valence-electron chi connectivity index (χ0n) is 18.7. The van der Waals surface area contributed by atoms with Crippen LogP contribution in [0.15, 0.2) is 34.5 Å². The van der Waals surface area contributed by atoms with Gasteiger partial charge in [0.25, 0.3) is 0 Å². The molecule has 0 amide bonds. The van der Waals surface area contributed by atoms with E-state index in [9.17, 15) is 9.59 Å². The van der Waals surface area contributed by atoms with Gasteiger partial charge >= 0.3 is 5.97 Å². The van der Waals surface area contributed by atoms with Crippen LogP contribution in [0.25, 0.3) is 0 Å². The quantitative estimate of drug-likeness (QED) is 0.643. The van der Waals surface area contributed by atoms with Gasteiger partial charge in [0, 0.05) is 23.7 Å². The number of esters is 1. The first-order chi connectivity index (χ1) is 14.2. The molecule has 2 aliphatic rings. The molecule has 0 N–H and O–H groups in total. The van der Waals surface area contributed by atoms with Crippen LogP contribution >= 0.6 is 0 Å². The summed E-state index contributed by atoms with van der Waals surface area (Å²) in [6, 6.07) is 5.59. The third-order valence-corrected chi connectivity index (χ3v) is 5.71. The molecule has 0 aromatic heterocycles. The number of ketones is 1. The first-order valence-corrected chi connectivity index (χ1v) is 10.5. The maximum atomic E-state index is 13.3. The predicted octanol–water partition coefficient (Wildman–Crippen LogP) is 4.47. The average molecular weight is 414 g/mol. The molecule has 162 valence electrons. The molecular weight excluding hydrogens is 382 g/mol. The van der Waals surface area contributed by atoms with Crippen molar-refractivity contribution in [3.05, 3.63) is 35.0 Å². The lowest BCUT2D eigenvalue weighted by molar-refractivity contribution is -0.139. The van der Waals surface area contributed by atoms with Gasteiger partial charge in [-0.15, -0.1) is 0 Å². The van der Waals surface area contributed by atoms with E-state index in [1.54, 1.807) is 14.0 Å². The minimum absolute atomic E-state index is 0.108. The van der Waals surface area contributed by atoms with E-state index in [0.29, 0.717) is 35.8 Å². The van der Waals surface area contributed by atoms with Gasteiger partial charge in [-0.2, -0.15) is 0 Å². The minimum Gasteiger partial charge on any atom is -0.493 e. The van der Waals surface area contributed by atoms with E-state index in [4.69, 9.17) is 19.2 Å². The van der Waals surface area contributed by atoms with E-state index < -0.39 is 17.8 Å². The Labute approximate surface area is 178 Å². The Morgan fingerprint density at radius 2 is 1.87 bits per heavy atom. The van der Waals surface area contributed by atoms with E-state index in [0.717, 1.165) is 17.7 Å². The molecule has 1 aliphatic carbocycles. The molecule has 1 aromatic carbocycles. The molecule has 6 nitrogen and oxygen atoms in total. The fourth-order valence-corrected chi connectivity index (χ4v) is 4.58. The highest BCUT2D eigenvalue weighted by Crippen LogP contribution is 2.48. The number of benzene rings is 1. The highest BCUT2D eigenvalue weighted by Gasteiger charge is 2.47. The van der Waals surface area contributed by atoms with Gasteiger partial charge in [-0.05, 0) is 50.3 Å². The van der Waals surface area contributed by atoms with Crippen LogP contribution in [-0.4, -0.2) is 37.8 Å². The number of hydrogen-bond donors (Lipinski definition) is 0. The Morgan fingerprint density at radius 3 is 2.50 bits per heavy atom. The van der Waals surface area contributed by atoms with E-state index in [2.05, 4.69) is 13.8 Å². The van der Waals surface area contributed by atoms with Gasteiger partial charge in [-0.3, -0.25) is 9.79 Å². The van der Waals surface area contributed by atoms with Gasteiger partial charge in [0.15, 0.2) is 11.5 Å². The zero-order valence-corrected chi connectivity index (χ0v) is 18.7. The zero-order chi connectivity index (χ0) is 22.1. The number of fused-ring (bicyclic) bond motifs is 1. The number of aliphatic imine (C=N–C) groups is 1. The number of hydrogen-bond acceptors (Lipinski definition) is 6. The third-order valence-electron chi connectivity index (χ3n) is 5.71. The fraction of sp³-hybridized carbons (Fsp3) is 0.542. The molecule has 1 heterocycles. The lowest BCUT2D eigenvalue weighted by Crippen LogP contribution is -2.44.